The lowest BCUT2D eigenvalue weighted by molar-refractivity contribution is -0.123. The molecule has 2 atom stereocenters. The summed E-state index contributed by atoms with van der Waals surface area (Å²) in [6.07, 6.45) is 4.15. The van der Waals surface area contributed by atoms with Gasteiger partial charge in [0.05, 0.1) is 5.56 Å². The maximum atomic E-state index is 12.0. The molecule has 0 aromatic heterocycles. The van der Waals surface area contributed by atoms with E-state index in [2.05, 4.69) is 22.9 Å². The lowest BCUT2D eigenvalue weighted by Crippen LogP contribution is -2.48. The van der Waals surface area contributed by atoms with E-state index in [-0.39, 0.29) is 17.5 Å². The summed E-state index contributed by atoms with van der Waals surface area (Å²) in [6, 6.07) is 5.62. The number of hydrogen-bond acceptors (Lipinski definition) is 5. The topological polar surface area (TPSA) is 114 Å². The highest BCUT2D eigenvalue weighted by molar-refractivity contribution is 5.97. The number of esters is 1. The first-order valence-electron chi connectivity index (χ1n) is 9.00. The van der Waals surface area contributed by atoms with Crippen LogP contribution in [0.2, 0.25) is 0 Å². The van der Waals surface area contributed by atoms with Crippen molar-refractivity contribution < 1.29 is 23.9 Å². The van der Waals surface area contributed by atoms with Crippen molar-refractivity contribution in [2.75, 3.05) is 11.9 Å². The minimum Gasteiger partial charge on any atom is -0.452 e. The molecule has 1 aromatic rings. The normalized spacial score (nSPS) is 18.9. The van der Waals surface area contributed by atoms with Crippen molar-refractivity contribution in [3.05, 3.63) is 29.8 Å². The van der Waals surface area contributed by atoms with Gasteiger partial charge in [-0.05, 0) is 37.0 Å². The van der Waals surface area contributed by atoms with Crippen molar-refractivity contribution in [1.82, 2.24) is 10.6 Å². The SMILES string of the molecule is CC(=O)Nc1cccc(C(=O)OCC(=O)NC(=O)N[C@@H]2CCCC[C@@H]2C)c1. The lowest BCUT2D eigenvalue weighted by Gasteiger charge is -2.29. The first-order valence-corrected chi connectivity index (χ1v) is 9.00. The average molecular weight is 375 g/mol. The number of rotatable bonds is 5. The van der Waals surface area contributed by atoms with Gasteiger partial charge in [-0.2, -0.15) is 0 Å². The van der Waals surface area contributed by atoms with Gasteiger partial charge in [0.15, 0.2) is 6.61 Å². The number of ether oxygens (including phenoxy) is 1. The van der Waals surface area contributed by atoms with Crippen molar-refractivity contribution in [2.24, 2.45) is 5.92 Å². The van der Waals surface area contributed by atoms with Gasteiger partial charge in [-0.1, -0.05) is 25.8 Å². The summed E-state index contributed by atoms with van der Waals surface area (Å²) in [6.45, 7) is 2.86. The fourth-order valence-electron chi connectivity index (χ4n) is 3.04. The molecule has 27 heavy (non-hydrogen) atoms. The highest BCUT2D eigenvalue weighted by Crippen LogP contribution is 2.23. The summed E-state index contributed by atoms with van der Waals surface area (Å²) >= 11 is 0. The number of urea groups is 1. The third kappa shape index (κ3) is 6.73. The predicted molar refractivity (Wildman–Crippen MR) is 99.1 cm³/mol. The van der Waals surface area contributed by atoms with Crippen molar-refractivity contribution in [1.29, 1.82) is 0 Å². The molecule has 4 amide bonds. The molecular formula is C19H25N3O5. The van der Waals surface area contributed by atoms with Crippen molar-refractivity contribution in [2.45, 2.75) is 45.6 Å². The maximum Gasteiger partial charge on any atom is 0.338 e. The number of carbonyl (C=O) groups is 4. The highest BCUT2D eigenvalue weighted by atomic mass is 16.5. The molecule has 8 nitrogen and oxygen atoms in total. The van der Waals surface area contributed by atoms with Crippen LogP contribution in [-0.2, 0) is 14.3 Å². The Labute approximate surface area is 158 Å². The van der Waals surface area contributed by atoms with E-state index >= 15 is 0 Å². The number of amides is 4. The van der Waals surface area contributed by atoms with Crippen LogP contribution in [0.15, 0.2) is 24.3 Å². The van der Waals surface area contributed by atoms with Gasteiger partial charge in [0.1, 0.15) is 0 Å². The second-order valence-electron chi connectivity index (χ2n) is 6.73. The quantitative estimate of drug-likeness (QED) is 0.683. The number of benzene rings is 1. The molecule has 146 valence electrons. The van der Waals surface area contributed by atoms with Gasteiger partial charge >= 0.3 is 12.0 Å². The van der Waals surface area contributed by atoms with Crippen molar-refractivity contribution in [3.63, 3.8) is 0 Å². The zero-order valence-corrected chi connectivity index (χ0v) is 15.5. The minimum atomic E-state index is -0.723. The van der Waals surface area contributed by atoms with Crippen molar-refractivity contribution >= 4 is 29.5 Å². The smallest absolute Gasteiger partial charge is 0.338 e. The van der Waals surface area contributed by atoms with Gasteiger partial charge in [-0.25, -0.2) is 9.59 Å². The van der Waals surface area contributed by atoms with Crippen molar-refractivity contribution in [3.8, 4) is 0 Å². The Morgan fingerprint density at radius 2 is 1.89 bits per heavy atom. The van der Waals surface area contributed by atoms with E-state index in [1.807, 2.05) is 0 Å². The van der Waals surface area contributed by atoms with Crippen LogP contribution in [0.1, 0.15) is 49.9 Å². The van der Waals surface area contributed by atoms with Gasteiger partial charge in [0.25, 0.3) is 5.91 Å². The second-order valence-corrected chi connectivity index (χ2v) is 6.73. The van der Waals surface area contributed by atoms with E-state index in [0.717, 1.165) is 25.7 Å². The van der Waals surface area contributed by atoms with Crippen LogP contribution < -0.4 is 16.0 Å². The largest absolute Gasteiger partial charge is 0.452 e. The van der Waals surface area contributed by atoms with Gasteiger partial charge in [0, 0.05) is 18.7 Å². The third-order valence-corrected chi connectivity index (χ3v) is 4.43. The molecule has 1 aliphatic carbocycles. The Balaban J connectivity index is 1.78. The number of hydrogen-bond donors (Lipinski definition) is 3. The Morgan fingerprint density at radius 1 is 1.15 bits per heavy atom. The Bertz CT molecular complexity index is 719. The molecule has 1 aliphatic rings. The molecular weight excluding hydrogens is 350 g/mol. The summed E-state index contributed by atoms with van der Waals surface area (Å²) in [5, 5.41) is 7.52. The minimum absolute atomic E-state index is 0.0469. The molecule has 1 saturated carbocycles. The standard InChI is InChI=1S/C19H25N3O5/c1-12-6-3-4-9-16(12)21-19(26)22-17(24)11-27-18(25)14-7-5-8-15(10-14)20-13(2)23/h5,7-8,10,12,16H,3-4,6,9,11H2,1-2H3,(H,20,23)(H2,21,22,24,26)/t12-,16+/m0/s1. The predicted octanol–water partition coefficient (Wildman–Crippen LogP) is 2.21. The zero-order chi connectivity index (χ0) is 19.8. The molecule has 8 heteroatoms. The van der Waals surface area contributed by atoms with Crippen LogP contribution in [0.5, 0.6) is 0 Å². The molecule has 0 aliphatic heterocycles. The molecule has 0 spiro atoms. The Morgan fingerprint density at radius 3 is 2.59 bits per heavy atom. The fourth-order valence-corrected chi connectivity index (χ4v) is 3.04. The molecule has 0 radical (unpaired) electrons. The fraction of sp³-hybridized carbons (Fsp3) is 0.474. The van der Waals surface area contributed by atoms with Crippen LogP contribution in [0.25, 0.3) is 0 Å². The van der Waals surface area contributed by atoms with E-state index in [9.17, 15) is 19.2 Å². The van der Waals surface area contributed by atoms with E-state index in [1.54, 1.807) is 12.1 Å². The maximum absolute atomic E-state index is 12.0. The summed E-state index contributed by atoms with van der Waals surface area (Å²) in [5.41, 5.74) is 0.636. The summed E-state index contributed by atoms with van der Waals surface area (Å²) in [4.78, 5) is 46.8. The van der Waals surface area contributed by atoms with Crippen LogP contribution in [0.4, 0.5) is 10.5 Å². The Hall–Kier alpha value is -2.90. The molecule has 0 unspecified atom stereocenters. The number of carbonyl (C=O) groups excluding carboxylic acids is 4. The number of nitrogens with one attached hydrogen (secondary N) is 3. The molecule has 0 heterocycles. The van der Waals surface area contributed by atoms with E-state index in [1.165, 1.54) is 19.1 Å². The van der Waals surface area contributed by atoms with Crippen LogP contribution in [0, 0.1) is 5.92 Å². The number of imide groups is 1. The molecule has 0 bridgehead atoms. The molecule has 2 rings (SSSR count). The second kappa shape index (κ2) is 9.70. The van der Waals surface area contributed by atoms with E-state index in [0.29, 0.717) is 11.6 Å². The van der Waals surface area contributed by atoms with Gasteiger partial charge in [-0.3, -0.25) is 14.9 Å². The first kappa shape index (κ1) is 20.4. The van der Waals surface area contributed by atoms with Crippen LogP contribution >= 0.6 is 0 Å². The summed E-state index contributed by atoms with van der Waals surface area (Å²) in [7, 11) is 0. The van der Waals surface area contributed by atoms with E-state index < -0.39 is 24.5 Å². The van der Waals surface area contributed by atoms with Gasteiger partial charge < -0.3 is 15.4 Å². The zero-order valence-electron chi connectivity index (χ0n) is 15.5. The molecule has 3 N–H and O–H groups in total. The number of anilines is 1. The van der Waals surface area contributed by atoms with Gasteiger partial charge in [-0.15, -0.1) is 0 Å². The van der Waals surface area contributed by atoms with E-state index in [4.69, 9.17) is 4.74 Å². The lowest BCUT2D eigenvalue weighted by atomic mass is 9.86. The molecule has 1 aromatic carbocycles. The summed E-state index contributed by atoms with van der Waals surface area (Å²) in [5.74, 6) is -1.33. The van der Waals surface area contributed by atoms with Gasteiger partial charge in [0.2, 0.25) is 5.91 Å². The average Bonchev–Trinajstić information content (AvgIpc) is 2.61. The third-order valence-electron chi connectivity index (χ3n) is 4.43. The molecule has 0 saturated heterocycles. The monoisotopic (exact) mass is 375 g/mol. The van der Waals surface area contributed by atoms with Crippen LogP contribution in [-0.4, -0.2) is 36.5 Å². The first-order chi connectivity index (χ1) is 12.8. The summed E-state index contributed by atoms with van der Waals surface area (Å²) < 4.78 is 4.92. The molecule has 1 fully saturated rings. The highest BCUT2D eigenvalue weighted by Gasteiger charge is 2.23. The van der Waals surface area contributed by atoms with Crippen LogP contribution in [0.3, 0.4) is 0 Å². The Kier molecular flexibility index (Phi) is 7.34.